The Hall–Kier alpha value is -1.65. The highest BCUT2D eigenvalue weighted by molar-refractivity contribution is 7.10. The van der Waals surface area contributed by atoms with E-state index in [0.717, 1.165) is 36.1 Å². The SMILES string of the molecule is Cc1scc(C(=O)NC[C@H]2CCCO2)c1-c1ccccc1. The number of thiophene rings is 1. The topological polar surface area (TPSA) is 38.3 Å². The highest BCUT2D eigenvalue weighted by atomic mass is 32.1. The van der Waals surface area contributed by atoms with E-state index in [9.17, 15) is 4.79 Å². The maximum absolute atomic E-state index is 12.4. The number of carbonyl (C=O) groups excluding carboxylic acids is 1. The van der Waals surface area contributed by atoms with Gasteiger partial charge in [0.15, 0.2) is 0 Å². The van der Waals surface area contributed by atoms with Gasteiger partial charge in [-0.3, -0.25) is 4.79 Å². The van der Waals surface area contributed by atoms with Gasteiger partial charge in [0.25, 0.3) is 5.91 Å². The van der Waals surface area contributed by atoms with Crippen LogP contribution in [0.1, 0.15) is 28.1 Å². The molecule has 2 aromatic rings. The zero-order valence-electron chi connectivity index (χ0n) is 12.1. The Bertz CT molecular complexity index is 615. The van der Waals surface area contributed by atoms with E-state index in [0.29, 0.717) is 6.54 Å². The Kier molecular flexibility index (Phi) is 4.36. The Morgan fingerprint density at radius 3 is 2.90 bits per heavy atom. The molecule has 1 aliphatic heterocycles. The van der Waals surface area contributed by atoms with E-state index < -0.39 is 0 Å². The molecule has 1 atom stereocenters. The quantitative estimate of drug-likeness (QED) is 0.936. The van der Waals surface area contributed by atoms with Crippen LogP contribution in [0.4, 0.5) is 0 Å². The van der Waals surface area contributed by atoms with E-state index in [4.69, 9.17) is 4.74 Å². The van der Waals surface area contributed by atoms with Crippen LogP contribution in [0.3, 0.4) is 0 Å². The number of hydrogen-bond donors (Lipinski definition) is 1. The van der Waals surface area contributed by atoms with Crippen LogP contribution >= 0.6 is 11.3 Å². The second-order valence-corrected chi connectivity index (χ2v) is 6.38. The first-order valence-corrected chi connectivity index (χ1v) is 8.17. The van der Waals surface area contributed by atoms with Crippen molar-refractivity contribution in [2.24, 2.45) is 0 Å². The second kappa shape index (κ2) is 6.41. The summed E-state index contributed by atoms with van der Waals surface area (Å²) in [6, 6.07) is 10.1. The average molecular weight is 301 g/mol. The summed E-state index contributed by atoms with van der Waals surface area (Å²) in [7, 11) is 0. The van der Waals surface area contributed by atoms with Gasteiger partial charge in [-0.2, -0.15) is 0 Å². The lowest BCUT2D eigenvalue weighted by molar-refractivity contribution is 0.0858. The lowest BCUT2D eigenvalue weighted by atomic mass is 10.0. The fourth-order valence-corrected chi connectivity index (χ4v) is 3.56. The van der Waals surface area contributed by atoms with Gasteiger partial charge in [-0.05, 0) is 25.3 Å². The summed E-state index contributed by atoms with van der Waals surface area (Å²) in [4.78, 5) is 13.6. The summed E-state index contributed by atoms with van der Waals surface area (Å²) in [6.45, 7) is 3.47. The Balaban J connectivity index is 1.77. The summed E-state index contributed by atoms with van der Waals surface area (Å²) < 4.78 is 5.55. The van der Waals surface area contributed by atoms with Crippen molar-refractivity contribution in [3.63, 3.8) is 0 Å². The Morgan fingerprint density at radius 2 is 2.19 bits per heavy atom. The van der Waals surface area contributed by atoms with Gasteiger partial charge in [0, 0.05) is 29.0 Å². The van der Waals surface area contributed by atoms with Crippen LogP contribution in [0, 0.1) is 6.92 Å². The summed E-state index contributed by atoms with van der Waals surface area (Å²) in [5.41, 5.74) is 2.91. The maximum atomic E-state index is 12.4. The van der Waals surface area contributed by atoms with Gasteiger partial charge in [0.05, 0.1) is 11.7 Å². The summed E-state index contributed by atoms with van der Waals surface area (Å²) in [6.07, 6.45) is 2.30. The van der Waals surface area contributed by atoms with Crippen LogP contribution in [0.2, 0.25) is 0 Å². The molecule has 3 rings (SSSR count). The van der Waals surface area contributed by atoms with Gasteiger partial charge in [0.2, 0.25) is 0 Å². The molecule has 1 aliphatic rings. The van der Waals surface area contributed by atoms with E-state index >= 15 is 0 Å². The Labute approximate surface area is 129 Å². The third-order valence-electron chi connectivity index (χ3n) is 3.80. The van der Waals surface area contributed by atoms with E-state index in [1.165, 1.54) is 4.88 Å². The lowest BCUT2D eigenvalue weighted by Crippen LogP contribution is -2.31. The average Bonchev–Trinajstić information content (AvgIpc) is 3.15. The maximum Gasteiger partial charge on any atom is 0.252 e. The first-order valence-electron chi connectivity index (χ1n) is 7.29. The van der Waals surface area contributed by atoms with Gasteiger partial charge in [-0.1, -0.05) is 30.3 Å². The minimum absolute atomic E-state index is 0.00583. The number of ether oxygens (including phenoxy) is 1. The van der Waals surface area contributed by atoms with Gasteiger partial charge in [-0.15, -0.1) is 11.3 Å². The largest absolute Gasteiger partial charge is 0.376 e. The number of aryl methyl sites for hydroxylation is 1. The molecule has 21 heavy (non-hydrogen) atoms. The van der Waals surface area contributed by atoms with Crippen molar-refractivity contribution in [2.45, 2.75) is 25.9 Å². The van der Waals surface area contributed by atoms with E-state index in [2.05, 4.69) is 12.2 Å². The molecule has 0 unspecified atom stereocenters. The van der Waals surface area contributed by atoms with Crippen molar-refractivity contribution in [3.05, 3.63) is 46.2 Å². The smallest absolute Gasteiger partial charge is 0.252 e. The molecule has 1 aromatic heterocycles. The highest BCUT2D eigenvalue weighted by Gasteiger charge is 2.20. The van der Waals surface area contributed by atoms with Gasteiger partial charge in [-0.25, -0.2) is 0 Å². The van der Waals surface area contributed by atoms with E-state index in [-0.39, 0.29) is 12.0 Å². The fourth-order valence-electron chi connectivity index (χ4n) is 2.69. The number of benzene rings is 1. The van der Waals surface area contributed by atoms with E-state index in [1.54, 1.807) is 11.3 Å². The minimum Gasteiger partial charge on any atom is -0.376 e. The molecular weight excluding hydrogens is 282 g/mol. The van der Waals surface area contributed by atoms with Crippen molar-refractivity contribution in [3.8, 4) is 11.1 Å². The monoisotopic (exact) mass is 301 g/mol. The Morgan fingerprint density at radius 1 is 1.38 bits per heavy atom. The molecule has 110 valence electrons. The van der Waals surface area contributed by atoms with Crippen LogP contribution in [-0.2, 0) is 4.74 Å². The number of rotatable bonds is 4. The number of amides is 1. The summed E-state index contributed by atoms with van der Waals surface area (Å²) in [5, 5.41) is 4.95. The van der Waals surface area contributed by atoms with Crippen molar-refractivity contribution in [2.75, 3.05) is 13.2 Å². The molecule has 0 bridgehead atoms. The third-order valence-corrected chi connectivity index (χ3v) is 4.71. The molecule has 2 heterocycles. The molecule has 4 heteroatoms. The van der Waals surface area contributed by atoms with Gasteiger partial charge < -0.3 is 10.1 Å². The predicted octanol–water partition coefficient (Wildman–Crippen LogP) is 3.63. The lowest BCUT2D eigenvalue weighted by Gasteiger charge is -2.11. The molecule has 0 saturated carbocycles. The minimum atomic E-state index is -0.00583. The highest BCUT2D eigenvalue weighted by Crippen LogP contribution is 2.32. The van der Waals surface area contributed by atoms with Crippen LogP contribution in [0.25, 0.3) is 11.1 Å². The third kappa shape index (κ3) is 3.17. The molecule has 1 amide bonds. The zero-order chi connectivity index (χ0) is 14.7. The van der Waals surface area contributed by atoms with E-state index in [1.807, 2.05) is 35.7 Å². The number of hydrogen-bond acceptors (Lipinski definition) is 3. The van der Waals surface area contributed by atoms with Crippen LogP contribution in [0.5, 0.6) is 0 Å². The first kappa shape index (κ1) is 14.3. The van der Waals surface area contributed by atoms with Crippen molar-refractivity contribution < 1.29 is 9.53 Å². The fraction of sp³-hybridized carbons (Fsp3) is 0.353. The molecular formula is C17H19NO2S. The van der Waals surface area contributed by atoms with Crippen LogP contribution in [-0.4, -0.2) is 25.2 Å². The van der Waals surface area contributed by atoms with Crippen LogP contribution < -0.4 is 5.32 Å². The summed E-state index contributed by atoms with van der Waals surface area (Å²) >= 11 is 1.62. The summed E-state index contributed by atoms with van der Waals surface area (Å²) in [5.74, 6) is -0.00583. The molecule has 1 aromatic carbocycles. The van der Waals surface area contributed by atoms with Crippen molar-refractivity contribution >= 4 is 17.2 Å². The number of carbonyl (C=O) groups is 1. The number of nitrogens with one attached hydrogen (secondary N) is 1. The molecule has 1 N–H and O–H groups in total. The second-order valence-electron chi connectivity index (χ2n) is 5.29. The zero-order valence-corrected chi connectivity index (χ0v) is 12.9. The molecule has 1 fully saturated rings. The molecule has 0 aliphatic carbocycles. The van der Waals surface area contributed by atoms with Gasteiger partial charge >= 0.3 is 0 Å². The normalized spacial score (nSPS) is 17.9. The standard InChI is InChI=1S/C17H19NO2S/c1-12-16(13-6-3-2-4-7-13)15(11-21-12)17(19)18-10-14-8-5-9-20-14/h2-4,6-7,11,14H,5,8-10H2,1H3,(H,18,19)/t14-/m1/s1. The van der Waals surface area contributed by atoms with Gasteiger partial charge in [0.1, 0.15) is 0 Å². The molecule has 3 nitrogen and oxygen atoms in total. The first-order chi connectivity index (χ1) is 10.3. The molecule has 0 radical (unpaired) electrons. The molecule has 1 saturated heterocycles. The predicted molar refractivity (Wildman–Crippen MR) is 85.8 cm³/mol. The molecule has 0 spiro atoms. The van der Waals surface area contributed by atoms with Crippen molar-refractivity contribution in [1.29, 1.82) is 0 Å². The van der Waals surface area contributed by atoms with Crippen LogP contribution in [0.15, 0.2) is 35.7 Å². The van der Waals surface area contributed by atoms with Crippen molar-refractivity contribution in [1.82, 2.24) is 5.32 Å².